The number of carbonyl (C=O) groups is 2. The molecular formula is C24H18F2N6O3. The molecule has 9 nitrogen and oxygen atoms in total. The fourth-order valence-electron chi connectivity index (χ4n) is 3.42. The molecule has 0 radical (unpaired) electrons. The maximum Gasteiger partial charge on any atom is 0.322 e. The predicted molar refractivity (Wildman–Crippen MR) is 121 cm³/mol. The molecule has 1 fully saturated rings. The fourth-order valence-corrected chi connectivity index (χ4v) is 3.42. The number of aromatic amines is 1. The minimum atomic E-state index is -1.33. The molecule has 35 heavy (non-hydrogen) atoms. The molecule has 2 heterocycles. The van der Waals surface area contributed by atoms with Gasteiger partial charge in [-0.1, -0.05) is 0 Å². The number of hydrogen-bond acceptors (Lipinski definition) is 6. The van der Waals surface area contributed by atoms with Crippen molar-refractivity contribution in [1.29, 1.82) is 0 Å². The highest BCUT2D eigenvalue weighted by molar-refractivity contribution is 6.17. The number of ether oxygens (including phenoxy) is 1. The average Bonchev–Trinajstić information content (AvgIpc) is 3.49. The lowest BCUT2D eigenvalue weighted by molar-refractivity contribution is -0.131. The standard InChI is InChI=1S/C24H18F2N6O3/c25-15-1-3-16(4-2-15)30-21(33)24(8-9-24)22(34)31-20-11-17(5-6-18(20)26)35-23-27-10-7-19(32-23)14-12-28-29-13-14/h1-7,10-13H,8-9H2,(H,28,29)(H,30,33)(H,31,34). The van der Waals surface area contributed by atoms with Crippen LogP contribution in [0.5, 0.6) is 11.8 Å². The van der Waals surface area contributed by atoms with Crippen molar-refractivity contribution >= 4 is 23.2 Å². The fraction of sp³-hybridized carbons (Fsp3) is 0.125. The van der Waals surface area contributed by atoms with Gasteiger partial charge >= 0.3 is 6.01 Å². The molecule has 0 bridgehead atoms. The molecule has 1 saturated carbocycles. The van der Waals surface area contributed by atoms with Crippen molar-refractivity contribution in [2.75, 3.05) is 10.6 Å². The summed E-state index contributed by atoms with van der Waals surface area (Å²) >= 11 is 0. The number of hydrogen-bond donors (Lipinski definition) is 3. The predicted octanol–water partition coefficient (Wildman–Crippen LogP) is 4.29. The van der Waals surface area contributed by atoms with E-state index in [1.807, 2.05) is 0 Å². The van der Waals surface area contributed by atoms with Crippen LogP contribution in [-0.2, 0) is 9.59 Å². The van der Waals surface area contributed by atoms with Gasteiger partial charge < -0.3 is 15.4 Å². The van der Waals surface area contributed by atoms with Gasteiger partial charge in [0.15, 0.2) is 0 Å². The Labute approximate surface area is 197 Å². The molecule has 3 N–H and O–H groups in total. The van der Waals surface area contributed by atoms with Gasteiger partial charge in [-0.25, -0.2) is 13.8 Å². The Morgan fingerprint density at radius 2 is 1.77 bits per heavy atom. The van der Waals surface area contributed by atoms with Crippen LogP contribution in [0.3, 0.4) is 0 Å². The Morgan fingerprint density at radius 1 is 1.00 bits per heavy atom. The van der Waals surface area contributed by atoms with Gasteiger partial charge in [0.1, 0.15) is 22.8 Å². The van der Waals surface area contributed by atoms with Crippen LogP contribution in [0.15, 0.2) is 67.1 Å². The third-order valence-corrected chi connectivity index (χ3v) is 5.54. The number of H-pyrrole nitrogens is 1. The molecule has 0 aliphatic heterocycles. The van der Waals surface area contributed by atoms with E-state index in [-0.39, 0.29) is 17.4 Å². The molecule has 0 atom stereocenters. The maximum absolute atomic E-state index is 14.5. The molecule has 176 valence electrons. The number of nitrogens with zero attached hydrogens (tertiary/aromatic N) is 3. The highest BCUT2D eigenvalue weighted by Crippen LogP contribution is 2.47. The number of halogens is 2. The third kappa shape index (κ3) is 4.69. The molecule has 2 aromatic carbocycles. The first-order chi connectivity index (χ1) is 16.9. The summed E-state index contributed by atoms with van der Waals surface area (Å²) in [7, 11) is 0. The van der Waals surface area contributed by atoms with E-state index >= 15 is 0 Å². The summed E-state index contributed by atoms with van der Waals surface area (Å²) in [5.74, 6) is -2.15. The molecule has 5 rings (SSSR count). The van der Waals surface area contributed by atoms with E-state index < -0.39 is 28.9 Å². The second-order valence-electron chi connectivity index (χ2n) is 7.95. The first-order valence-electron chi connectivity index (χ1n) is 10.6. The monoisotopic (exact) mass is 476 g/mol. The van der Waals surface area contributed by atoms with Crippen molar-refractivity contribution in [3.63, 3.8) is 0 Å². The summed E-state index contributed by atoms with van der Waals surface area (Å²) in [6, 6.07) is 10.7. The van der Waals surface area contributed by atoms with Crippen LogP contribution in [0.1, 0.15) is 12.8 Å². The lowest BCUT2D eigenvalue weighted by atomic mass is 10.0. The Kier molecular flexibility index (Phi) is 5.65. The Balaban J connectivity index is 1.29. The van der Waals surface area contributed by atoms with Gasteiger partial charge in [-0.05, 0) is 55.3 Å². The summed E-state index contributed by atoms with van der Waals surface area (Å²) < 4.78 is 33.2. The first-order valence-corrected chi connectivity index (χ1v) is 10.6. The van der Waals surface area contributed by atoms with Crippen molar-refractivity contribution in [2.45, 2.75) is 12.8 Å². The molecular weight excluding hydrogens is 458 g/mol. The number of carbonyl (C=O) groups excluding carboxylic acids is 2. The van der Waals surface area contributed by atoms with E-state index in [9.17, 15) is 18.4 Å². The zero-order valence-corrected chi connectivity index (χ0v) is 18.1. The van der Waals surface area contributed by atoms with Crippen LogP contribution in [0.25, 0.3) is 11.3 Å². The lowest BCUT2D eigenvalue weighted by Gasteiger charge is -2.16. The summed E-state index contributed by atoms with van der Waals surface area (Å²) in [5.41, 5.74) is 0.175. The second-order valence-corrected chi connectivity index (χ2v) is 7.95. The molecule has 0 spiro atoms. The zero-order chi connectivity index (χ0) is 24.4. The Morgan fingerprint density at radius 3 is 2.49 bits per heavy atom. The highest BCUT2D eigenvalue weighted by Gasteiger charge is 2.56. The largest absolute Gasteiger partial charge is 0.424 e. The van der Waals surface area contributed by atoms with Crippen LogP contribution in [0, 0.1) is 17.0 Å². The number of rotatable bonds is 7. The minimum absolute atomic E-state index is 0.0184. The number of amides is 2. The van der Waals surface area contributed by atoms with Gasteiger partial charge in [0.25, 0.3) is 0 Å². The number of anilines is 2. The van der Waals surface area contributed by atoms with Crippen molar-refractivity contribution < 1.29 is 23.1 Å². The van der Waals surface area contributed by atoms with Crippen molar-refractivity contribution in [2.24, 2.45) is 5.41 Å². The Bertz CT molecular complexity index is 1390. The van der Waals surface area contributed by atoms with Gasteiger partial charge in [0.05, 0.1) is 17.6 Å². The van der Waals surface area contributed by atoms with E-state index in [1.54, 1.807) is 18.5 Å². The summed E-state index contributed by atoms with van der Waals surface area (Å²) in [5, 5.41) is 11.7. The van der Waals surface area contributed by atoms with Crippen LogP contribution >= 0.6 is 0 Å². The van der Waals surface area contributed by atoms with Gasteiger partial charge in [0.2, 0.25) is 11.8 Å². The average molecular weight is 476 g/mol. The van der Waals surface area contributed by atoms with E-state index in [0.29, 0.717) is 24.2 Å². The smallest absolute Gasteiger partial charge is 0.322 e. The van der Waals surface area contributed by atoms with E-state index in [2.05, 4.69) is 30.8 Å². The SMILES string of the molecule is O=C(Nc1ccc(F)cc1)C1(C(=O)Nc2cc(Oc3nccc(-c4cn[nH]c4)n3)ccc2F)CC1. The van der Waals surface area contributed by atoms with Gasteiger partial charge in [-0.2, -0.15) is 10.1 Å². The lowest BCUT2D eigenvalue weighted by Crippen LogP contribution is -2.35. The van der Waals surface area contributed by atoms with Crippen LogP contribution in [0.4, 0.5) is 20.2 Å². The quantitative estimate of drug-likeness (QED) is 0.342. The zero-order valence-electron chi connectivity index (χ0n) is 18.1. The number of nitrogens with one attached hydrogen (secondary N) is 3. The molecule has 0 saturated heterocycles. The minimum Gasteiger partial charge on any atom is -0.424 e. The summed E-state index contributed by atoms with van der Waals surface area (Å²) in [4.78, 5) is 34.0. The highest BCUT2D eigenvalue weighted by atomic mass is 19.1. The van der Waals surface area contributed by atoms with Crippen LogP contribution < -0.4 is 15.4 Å². The molecule has 0 unspecified atom stereocenters. The molecule has 1 aliphatic carbocycles. The molecule has 2 amide bonds. The summed E-state index contributed by atoms with van der Waals surface area (Å²) in [6.07, 6.45) is 5.37. The van der Waals surface area contributed by atoms with Gasteiger partial charge in [-0.3, -0.25) is 14.7 Å². The van der Waals surface area contributed by atoms with Crippen molar-refractivity contribution in [1.82, 2.24) is 20.2 Å². The first kappa shape index (κ1) is 22.1. The van der Waals surface area contributed by atoms with E-state index in [1.165, 1.54) is 42.6 Å². The number of benzene rings is 2. The molecule has 4 aromatic rings. The van der Waals surface area contributed by atoms with E-state index in [4.69, 9.17) is 4.74 Å². The third-order valence-electron chi connectivity index (χ3n) is 5.54. The molecule has 11 heteroatoms. The van der Waals surface area contributed by atoms with Crippen molar-refractivity contribution in [3.8, 4) is 23.0 Å². The van der Waals surface area contributed by atoms with Crippen LogP contribution in [-0.4, -0.2) is 32.0 Å². The second kappa shape index (κ2) is 8.93. The Hall–Kier alpha value is -4.67. The van der Waals surface area contributed by atoms with Gasteiger partial charge in [-0.15, -0.1) is 0 Å². The van der Waals surface area contributed by atoms with E-state index in [0.717, 1.165) is 11.6 Å². The topological polar surface area (TPSA) is 122 Å². The van der Waals surface area contributed by atoms with Crippen LogP contribution in [0.2, 0.25) is 0 Å². The normalized spacial score (nSPS) is 13.7. The van der Waals surface area contributed by atoms with Crippen molar-refractivity contribution in [3.05, 3.63) is 78.8 Å². The molecule has 2 aromatic heterocycles. The summed E-state index contributed by atoms with van der Waals surface area (Å²) in [6.45, 7) is 0. The number of aromatic nitrogens is 4. The maximum atomic E-state index is 14.5. The molecule has 1 aliphatic rings. The van der Waals surface area contributed by atoms with Gasteiger partial charge in [0, 0.05) is 29.7 Å².